The molecule has 0 radical (unpaired) electrons. The number of carbonyl (C=O) groups excluding carboxylic acids is 4. The molecule has 5 rings (SSSR count). The van der Waals surface area contributed by atoms with Gasteiger partial charge in [0.1, 0.15) is 35.6 Å². The van der Waals surface area contributed by atoms with Crippen LogP contribution in [0.25, 0.3) is 0 Å². The molecule has 0 unspecified atom stereocenters. The van der Waals surface area contributed by atoms with E-state index in [0.717, 1.165) is 38.5 Å². The van der Waals surface area contributed by atoms with Crippen molar-refractivity contribution in [1.29, 1.82) is 0 Å². The van der Waals surface area contributed by atoms with Crippen LogP contribution in [0.2, 0.25) is 0 Å². The van der Waals surface area contributed by atoms with Crippen LogP contribution in [0.4, 0.5) is 9.59 Å². The van der Waals surface area contributed by atoms with Gasteiger partial charge in [0, 0.05) is 11.8 Å². The molecule has 1 aromatic rings. The summed E-state index contributed by atoms with van der Waals surface area (Å²) in [7, 11) is 0. The zero-order chi connectivity index (χ0) is 33.2. The highest BCUT2D eigenvalue weighted by Crippen LogP contribution is 2.61. The van der Waals surface area contributed by atoms with Gasteiger partial charge >= 0.3 is 18.2 Å². The number of nitrogens with one attached hydrogen (secondary N) is 3. The van der Waals surface area contributed by atoms with E-state index in [0.29, 0.717) is 23.3 Å². The molecule has 0 saturated heterocycles. The Bertz CT molecular complexity index is 1240. The lowest BCUT2D eigenvalue weighted by Crippen LogP contribution is -2.64. The van der Waals surface area contributed by atoms with Crippen molar-refractivity contribution in [3.05, 3.63) is 29.8 Å². The smallest absolute Gasteiger partial charge is 0.480 e. The third-order valence-corrected chi connectivity index (χ3v) is 8.62. The largest absolute Gasteiger partial charge is 0.514 e. The second kappa shape index (κ2) is 13.3. The van der Waals surface area contributed by atoms with E-state index in [1.165, 1.54) is 0 Å². The standard InChI is InChI=1S/C33H47N3O9/c1-31(2,3)44-29(41)35-24(14-19-7-9-23(10-8-19)43-30(42)45-32(4,5)6)27(39)36-26(28(40)34-18-25(37)38)33-15-20-11-21(16-33)13-22(12-20)17-33/h7-10,20-22,24,26H,11-18H2,1-6H3,(H,34,40)(H,35,41)(H,36,39)(H,37,38)/t20?,21?,22?,24-,26-,33?/m0/s1. The van der Waals surface area contributed by atoms with Gasteiger partial charge in [-0.2, -0.15) is 0 Å². The number of alkyl carbamates (subject to hydrolysis) is 1. The van der Waals surface area contributed by atoms with E-state index in [9.17, 15) is 29.1 Å². The van der Waals surface area contributed by atoms with Crippen LogP contribution in [-0.4, -0.2) is 65.0 Å². The van der Waals surface area contributed by atoms with Gasteiger partial charge in [-0.3, -0.25) is 14.4 Å². The predicted molar refractivity (Wildman–Crippen MR) is 163 cm³/mol. The van der Waals surface area contributed by atoms with Crippen LogP contribution >= 0.6 is 0 Å². The van der Waals surface area contributed by atoms with Gasteiger partial charge < -0.3 is 35.3 Å². The van der Waals surface area contributed by atoms with E-state index >= 15 is 0 Å². The summed E-state index contributed by atoms with van der Waals surface area (Å²) >= 11 is 0. The molecular weight excluding hydrogens is 582 g/mol. The van der Waals surface area contributed by atoms with Gasteiger partial charge in [-0.05, 0) is 116 Å². The lowest BCUT2D eigenvalue weighted by molar-refractivity contribution is -0.144. The molecule has 0 aromatic heterocycles. The van der Waals surface area contributed by atoms with Gasteiger partial charge in [-0.1, -0.05) is 12.1 Å². The van der Waals surface area contributed by atoms with Crippen molar-refractivity contribution in [3.8, 4) is 5.75 Å². The van der Waals surface area contributed by atoms with Crippen molar-refractivity contribution in [3.63, 3.8) is 0 Å². The number of benzene rings is 1. The molecule has 45 heavy (non-hydrogen) atoms. The summed E-state index contributed by atoms with van der Waals surface area (Å²) in [6.45, 7) is 9.74. The first kappa shape index (κ1) is 34.1. The van der Waals surface area contributed by atoms with Crippen LogP contribution in [0.5, 0.6) is 5.75 Å². The fourth-order valence-electron chi connectivity index (χ4n) is 7.49. The van der Waals surface area contributed by atoms with Crippen LogP contribution in [0.1, 0.15) is 85.6 Å². The van der Waals surface area contributed by atoms with Crippen molar-refractivity contribution in [2.45, 2.75) is 110 Å². The maximum absolute atomic E-state index is 14.0. The van der Waals surface area contributed by atoms with Gasteiger partial charge in [-0.15, -0.1) is 0 Å². The maximum atomic E-state index is 14.0. The molecule has 4 N–H and O–H groups in total. The molecule has 4 fully saturated rings. The molecule has 4 saturated carbocycles. The van der Waals surface area contributed by atoms with Crippen molar-refractivity contribution < 1.29 is 43.3 Å². The number of carboxylic acid groups (broad SMARTS) is 1. The minimum atomic E-state index is -1.18. The van der Waals surface area contributed by atoms with Crippen LogP contribution in [0, 0.1) is 23.2 Å². The van der Waals surface area contributed by atoms with Gasteiger partial charge in [0.25, 0.3) is 0 Å². The summed E-state index contributed by atoms with van der Waals surface area (Å²) in [5, 5.41) is 17.3. The summed E-state index contributed by atoms with van der Waals surface area (Å²) in [5.74, 6) is -0.637. The van der Waals surface area contributed by atoms with Crippen molar-refractivity contribution in [2.24, 2.45) is 23.2 Å². The number of aliphatic carboxylic acids is 1. The van der Waals surface area contributed by atoms with Gasteiger partial charge in [0.2, 0.25) is 11.8 Å². The third kappa shape index (κ3) is 9.58. The number of carbonyl (C=O) groups is 5. The van der Waals surface area contributed by atoms with Gasteiger partial charge in [0.15, 0.2) is 0 Å². The molecule has 0 spiro atoms. The zero-order valence-electron chi connectivity index (χ0n) is 27.1. The number of hydrogen-bond donors (Lipinski definition) is 4. The van der Waals surface area contributed by atoms with Crippen LogP contribution < -0.4 is 20.7 Å². The van der Waals surface area contributed by atoms with Crippen molar-refractivity contribution >= 4 is 30.0 Å². The molecule has 4 aliphatic rings. The Morgan fingerprint density at radius 1 is 0.822 bits per heavy atom. The third-order valence-electron chi connectivity index (χ3n) is 8.62. The minimum Gasteiger partial charge on any atom is -0.480 e. The van der Waals surface area contributed by atoms with Crippen LogP contribution in [-0.2, 0) is 30.3 Å². The Hall–Kier alpha value is -3.83. The quantitative estimate of drug-likeness (QED) is 0.217. The topological polar surface area (TPSA) is 169 Å². The Morgan fingerprint density at radius 3 is 1.84 bits per heavy atom. The Balaban J connectivity index is 1.55. The maximum Gasteiger partial charge on any atom is 0.514 e. The summed E-state index contributed by atoms with van der Waals surface area (Å²) in [5.41, 5.74) is -1.37. The van der Waals surface area contributed by atoms with Crippen LogP contribution in [0.3, 0.4) is 0 Å². The number of amides is 3. The first-order chi connectivity index (χ1) is 20.9. The Kier molecular flexibility index (Phi) is 10.0. The monoisotopic (exact) mass is 629 g/mol. The van der Waals surface area contributed by atoms with E-state index in [2.05, 4.69) is 16.0 Å². The van der Waals surface area contributed by atoms with Crippen molar-refractivity contribution in [1.82, 2.24) is 16.0 Å². The summed E-state index contributed by atoms with van der Waals surface area (Å²) in [6.07, 6.45) is 4.11. The normalized spacial score (nSPS) is 25.0. The number of carboxylic acids is 1. The Morgan fingerprint density at radius 2 is 1.36 bits per heavy atom. The number of ether oxygens (including phenoxy) is 3. The first-order valence-corrected chi connectivity index (χ1v) is 15.7. The molecular formula is C33H47N3O9. The highest BCUT2D eigenvalue weighted by Gasteiger charge is 2.56. The van der Waals surface area contributed by atoms with E-state index in [1.54, 1.807) is 65.8 Å². The van der Waals surface area contributed by atoms with E-state index in [-0.39, 0.29) is 12.2 Å². The first-order valence-electron chi connectivity index (χ1n) is 15.7. The minimum absolute atomic E-state index is 0.0438. The average Bonchev–Trinajstić information content (AvgIpc) is 2.88. The SMILES string of the molecule is CC(C)(C)OC(=O)N[C@@H](Cc1ccc(OC(=O)OC(C)(C)C)cc1)C(=O)N[C@@H](C(=O)NCC(=O)O)C12CC3CC(CC(C3)C1)C2. The second-order valence-electron chi connectivity index (χ2n) is 14.9. The molecule has 2 atom stereocenters. The highest BCUT2D eigenvalue weighted by atomic mass is 16.7. The molecule has 12 heteroatoms. The molecule has 0 aliphatic heterocycles. The molecule has 248 valence electrons. The lowest BCUT2D eigenvalue weighted by Gasteiger charge is -2.59. The summed E-state index contributed by atoms with van der Waals surface area (Å²) in [6, 6.07) is 4.35. The van der Waals surface area contributed by atoms with E-state index in [1.807, 2.05) is 0 Å². The van der Waals surface area contributed by atoms with E-state index < -0.39 is 65.3 Å². The summed E-state index contributed by atoms with van der Waals surface area (Å²) < 4.78 is 15.9. The molecule has 12 nitrogen and oxygen atoms in total. The fraction of sp³-hybridized carbons (Fsp3) is 0.667. The lowest BCUT2D eigenvalue weighted by atomic mass is 9.47. The van der Waals surface area contributed by atoms with E-state index in [4.69, 9.17) is 14.2 Å². The van der Waals surface area contributed by atoms with Gasteiger partial charge in [-0.25, -0.2) is 9.59 Å². The zero-order valence-corrected chi connectivity index (χ0v) is 27.1. The van der Waals surface area contributed by atoms with Crippen LogP contribution in [0.15, 0.2) is 24.3 Å². The molecule has 4 bridgehead atoms. The number of hydrogen-bond acceptors (Lipinski definition) is 8. The van der Waals surface area contributed by atoms with Crippen molar-refractivity contribution in [2.75, 3.05) is 6.54 Å². The fourth-order valence-corrected chi connectivity index (χ4v) is 7.49. The molecule has 3 amide bonds. The summed E-state index contributed by atoms with van der Waals surface area (Å²) in [4.78, 5) is 63.7. The highest BCUT2D eigenvalue weighted by molar-refractivity contribution is 5.93. The molecule has 4 aliphatic carbocycles. The molecule has 0 heterocycles. The number of rotatable bonds is 10. The molecule has 1 aromatic carbocycles. The Labute approximate surface area is 264 Å². The van der Waals surface area contributed by atoms with Gasteiger partial charge in [0.05, 0.1) is 0 Å². The predicted octanol–water partition coefficient (Wildman–Crippen LogP) is 4.34. The average molecular weight is 630 g/mol. The second-order valence-corrected chi connectivity index (χ2v) is 14.9.